The minimum Gasteiger partial charge on any atom is -0.339 e. The summed E-state index contributed by atoms with van der Waals surface area (Å²) >= 11 is 1.69. The number of alkyl halides is 3. The number of nitrogens with zero attached hydrogens (tertiary/aromatic N) is 3. The zero-order valence-electron chi connectivity index (χ0n) is 16.1. The first-order chi connectivity index (χ1) is 13.9. The molecule has 4 nitrogen and oxygen atoms in total. The summed E-state index contributed by atoms with van der Waals surface area (Å²) in [4.78, 5) is 14.3. The van der Waals surface area contributed by atoms with Gasteiger partial charge in [-0.25, -0.2) is 0 Å². The molecule has 2 heterocycles. The quantitative estimate of drug-likeness (QED) is 0.670. The molecule has 29 heavy (non-hydrogen) atoms. The lowest BCUT2D eigenvalue weighted by Crippen LogP contribution is -2.38. The monoisotopic (exact) mass is 423 g/mol. The Hall–Kier alpha value is -1.96. The molecule has 0 atom stereocenters. The number of aromatic nitrogens is 2. The number of carbonyl (C=O) groups excluding carboxylic acids is 1. The summed E-state index contributed by atoms with van der Waals surface area (Å²) < 4.78 is 38.7. The lowest BCUT2D eigenvalue weighted by molar-refractivity contribution is -0.137. The van der Waals surface area contributed by atoms with E-state index in [4.69, 9.17) is 0 Å². The molecular weight excluding hydrogens is 399 g/mol. The molecule has 1 aromatic carbocycles. The molecular formula is C21H24F3N3OS. The van der Waals surface area contributed by atoms with Crippen molar-refractivity contribution in [3.8, 4) is 0 Å². The van der Waals surface area contributed by atoms with E-state index in [-0.39, 0.29) is 17.4 Å². The molecule has 0 N–H and O–H groups in total. The average Bonchev–Trinajstić information content (AvgIpc) is 3.40. The van der Waals surface area contributed by atoms with E-state index in [1.165, 1.54) is 37.8 Å². The van der Waals surface area contributed by atoms with Crippen LogP contribution in [0.5, 0.6) is 0 Å². The van der Waals surface area contributed by atoms with Crippen molar-refractivity contribution < 1.29 is 18.0 Å². The van der Waals surface area contributed by atoms with Crippen LogP contribution in [0.4, 0.5) is 13.2 Å². The van der Waals surface area contributed by atoms with Crippen LogP contribution >= 0.6 is 11.3 Å². The van der Waals surface area contributed by atoms with E-state index >= 15 is 0 Å². The van der Waals surface area contributed by atoms with E-state index in [9.17, 15) is 18.0 Å². The molecule has 1 aliphatic carbocycles. The number of amides is 1. The Bertz CT molecular complexity index is 853. The number of piperidine rings is 1. The van der Waals surface area contributed by atoms with Crippen molar-refractivity contribution in [1.82, 2.24) is 15.1 Å². The van der Waals surface area contributed by atoms with Gasteiger partial charge in [0.05, 0.1) is 5.56 Å². The number of benzene rings is 1. The first-order valence-corrected chi connectivity index (χ1v) is 11.0. The fourth-order valence-corrected chi connectivity index (χ4v) is 5.44. The molecule has 0 bridgehead atoms. The maximum atomic E-state index is 12.9. The Morgan fingerprint density at radius 3 is 2.52 bits per heavy atom. The van der Waals surface area contributed by atoms with Crippen LogP contribution in [0.3, 0.4) is 0 Å². The van der Waals surface area contributed by atoms with Gasteiger partial charge in [0.1, 0.15) is 10.0 Å². The second kappa shape index (κ2) is 8.42. The molecule has 0 unspecified atom stereocenters. The second-order valence-corrected chi connectivity index (χ2v) is 9.13. The van der Waals surface area contributed by atoms with Gasteiger partial charge in [0.2, 0.25) is 0 Å². The lowest BCUT2D eigenvalue weighted by Gasteiger charge is -2.31. The lowest BCUT2D eigenvalue weighted by atomic mass is 9.97. The molecule has 0 spiro atoms. The zero-order valence-corrected chi connectivity index (χ0v) is 16.9. The van der Waals surface area contributed by atoms with Gasteiger partial charge in [-0.1, -0.05) is 31.7 Å². The first kappa shape index (κ1) is 20.3. The van der Waals surface area contributed by atoms with Crippen LogP contribution in [0.1, 0.15) is 70.4 Å². The normalized spacial score (nSPS) is 19.1. The number of hydrogen-bond acceptors (Lipinski definition) is 4. The van der Waals surface area contributed by atoms with Gasteiger partial charge in [0.15, 0.2) is 0 Å². The molecule has 2 aromatic rings. The van der Waals surface area contributed by atoms with E-state index in [0.29, 0.717) is 13.1 Å². The van der Waals surface area contributed by atoms with Gasteiger partial charge in [-0.3, -0.25) is 4.79 Å². The van der Waals surface area contributed by atoms with Crippen LogP contribution in [-0.4, -0.2) is 34.1 Å². The molecule has 1 saturated heterocycles. The van der Waals surface area contributed by atoms with Crippen LogP contribution in [0.15, 0.2) is 24.3 Å². The minimum absolute atomic E-state index is 0.0908. The third-order valence-corrected chi connectivity index (χ3v) is 7.10. The Kier molecular flexibility index (Phi) is 5.90. The summed E-state index contributed by atoms with van der Waals surface area (Å²) in [7, 11) is 0. The van der Waals surface area contributed by atoms with Crippen molar-refractivity contribution in [2.75, 3.05) is 13.1 Å². The predicted molar refractivity (Wildman–Crippen MR) is 105 cm³/mol. The van der Waals surface area contributed by atoms with Gasteiger partial charge < -0.3 is 4.90 Å². The van der Waals surface area contributed by atoms with Crippen LogP contribution < -0.4 is 0 Å². The summed E-state index contributed by atoms with van der Waals surface area (Å²) in [5.41, 5.74) is -0.699. The van der Waals surface area contributed by atoms with E-state index in [1.807, 2.05) is 0 Å². The van der Waals surface area contributed by atoms with Crippen molar-refractivity contribution in [2.45, 2.75) is 57.0 Å². The third kappa shape index (κ3) is 4.79. The fraction of sp³-hybridized carbons (Fsp3) is 0.571. The van der Waals surface area contributed by atoms with Crippen molar-refractivity contribution >= 4 is 17.2 Å². The Morgan fingerprint density at radius 2 is 1.83 bits per heavy atom. The average molecular weight is 424 g/mol. The van der Waals surface area contributed by atoms with Crippen LogP contribution in [-0.2, 0) is 12.6 Å². The van der Waals surface area contributed by atoms with Crippen LogP contribution in [0, 0.1) is 5.92 Å². The van der Waals surface area contributed by atoms with Crippen molar-refractivity contribution in [2.24, 2.45) is 5.92 Å². The Labute approximate surface area is 172 Å². The molecule has 1 amide bonds. The summed E-state index contributed by atoms with van der Waals surface area (Å²) in [6.45, 7) is 1.05. The molecule has 156 valence electrons. The molecule has 8 heteroatoms. The van der Waals surface area contributed by atoms with Crippen molar-refractivity contribution in [3.05, 3.63) is 45.4 Å². The van der Waals surface area contributed by atoms with Gasteiger partial charge >= 0.3 is 6.18 Å². The number of rotatable bonds is 4. The smallest absolute Gasteiger partial charge is 0.339 e. The number of halogens is 3. The highest BCUT2D eigenvalue weighted by Gasteiger charge is 2.32. The highest BCUT2D eigenvalue weighted by atomic mass is 32.1. The second-order valence-electron chi connectivity index (χ2n) is 8.03. The van der Waals surface area contributed by atoms with Gasteiger partial charge in [-0.05, 0) is 37.0 Å². The number of hydrogen-bond donors (Lipinski definition) is 0. The predicted octanol–water partition coefficient (Wildman–Crippen LogP) is 5.31. The molecule has 4 rings (SSSR count). The fourth-order valence-electron chi connectivity index (χ4n) is 4.32. The third-order valence-electron chi connectivity index (χ3n) is 5.99. The summed E-state index contributed by atoms with van der Waals surface area (Å²) in [6, 6.07) is 4.66. The maximum absolute atomic E-state index is 12.9. The molecule has 2 fully saturated rings. The van der Waals surface area contributed by atoms with E-state index in [2.05, 4.69) is 10.2 Å². The van der Waals surface area contributed by atoms with E-state index < -0.39 is 11.7 Å². The van der Waals surface area contributed by atoms with Gasteiger partial charge in [-0.2, -0.15) is 13.2 Å². The van der Waals surface area contributed by atoms with Crippen LogP contribution in [0.25, 0.3) is 0 Å². The molecule has 2 aliphatic rings. The highest BCUT2D eigenvalue weighted by molar-refractivity contribution is 7.11. The summed E-state index contributed by atoms with van der Waals surface area (Å²) in [5, 5.41) is 10.9. The van der Waals surface area contributed by atoms with Gasteiger partial charge in [-0.15, -0.1) is 21.5 Å². The standard InChI is InChI=1S/C21H24F3N3OS/c22-21(23,24)17-7-3-6-16(13-17)20(28)27-10-8-15(9-11-27)19-26-25-18(29-19)12-14-4-1-2-5-14/h3,6-7,13-15H,1-2,4-5,8-12H2. The van der Waals surface area contributed by atoms with Crippen molar-refractivity contribution in [1.29, 1.82) is 0 Å². The molecule has 1 aliphatic heterocycles. The van der Waals surface area contributed by atoms with Gasteiger partial charge in [0, 0.05) is 31.0 Å². The Balaban J connectivity index is 1.34. The minimum atomic E-state index is -4.45. The van der Waals surface area contributed by atoms with E-state index in [1.54, 1.807) is 16.2 Å². The largest absolute Gasteiger partial charge is 0.416 e. The Morgan fingerprint density at radius 1 is 1.10 bits per heavy atom. The number of likely N-dealkylation sites (tertiary alicyclic amines) is 1. The zero-order chi connectivity index (χ0) is 20.4. The van der Waals surface area contributed by atoms with Crippen LogP contribution in [0.2, 0.25) is 0 Å². The number of carbonyl (C=O) groups is 1. The molecule has 1 aromatic heterocycles. The molecule has 0 radical (unpaired) electrons. The van der Waals surface area contributed by atoms with Crippen molar-refractivity contribution in [3.63, 3.8) is 0 Å². The topological polar surface area (TPSA) is 46.1 Å². The molecule has 1 saturated carbocycles. The summed E-state index contributed by atoms with van der Waals surface area (Å²) in [6.07, 6.45) is 3.30. The van der Waals surface area contributed by atoms with Gasteiger partial charge in [0.25, 0.3) is 5.91 Å². The first-order valence-electron chi connectivity index (χ1n) is 10.2. The summed E-state index contributed by atoms with van der Waals surface area (Å²) in [5.74, 6) is 0.673. The maximum Gasteiger partial charge on any atom is 0.416 e. The van der Waals surface area contributed by atoms with E-state index in [0.717, 1.165) is 47.3 Å². The SMILES string of the molecule is O=C(c1cccc(C(F)(F)F)c1)N1CCC(c2nnc(CC3CCCC3)s2)CC1. The highest BCUT2D eigenvalue weighted by Crippen LogP contribution is 2.34.